The number of hydrogen-bond donors (Lipinski definition) is 2. The van der Waals surface area contributed by atoms with Gasteiger partial charge in [0.2, 0.25) is 0 Å². The van der Waals surface area contributed by atoms with Crippen molar-refractivity contribution in [2.24, 2.45) is 11.8 Å². The van der Waals surface area contributed by atoms with Crippen LogP contribution in [0.2, 0.25) is 0 Å². The number of likely N-dealkylation sites (N-methyl/N-ethyl adjacent to an activating group) is 1. The molecule has 0 aromatic carbocycles. The molecule has 74 valence electrons. The van der Waals surface area contributed by atoms with Crippen LogP contribution in [0.1, 0.15) is 27.2 Å². The van der Waals surface area contributed by atoms with Crippen LogP contribution >= 0.6 is 0 Å². The van der Waals surface area contributed by atoms with Crippen molar-refractivity contribution in [3.8, 4) is 0 Å². The molecular formula is C10H24N2. The molecule has 0 bridgehead atoms. The molecule has 2 nitrogen and oxygen atoms in total. The molecule has 0 rings (SSSR count). The lowest BCUT2D eigenvalue weighted by Gasteiger charge is -2.15. The molecule has 2 heteroatoms. The monoisotopic (exact) mass is 172 g/mol. The fourth-order valence-electron chi connectivity index (χ4n) is 1.00. The van der Waals surface area contributed by atoms with Gasteiger partial charge in [-0.25, -0.2) is 0 Å². The zero-order valence-electron chi connectivity index (χ0n) is 8.98. The summed E-state index contributed by atoms with van der Waals surface area (Å²) in [6.07, 6.45) is 1.29. The van der Waals surface area contributed by atoms with E-state index >= 15 is 0 Å². The van der Waals surface area contributed by atoms with E-state index in [1.807, 2.05) is 7.05 Å². The lowest BCUT2D eigenvalue weighted by molar-refractivity contribution is 0.383. The van der Waals surface area contributed by atoms with Crippen LogP contribution in [0.4, 0.5) is 0 Å². The van der Waals surface area contributed by atoms with Crippen molar-refractivity contribution in [1.29, 1.82) is 0 Å². The first-order valence-electron chi connectivity index (χ1n) is 5.03. The zero-order chi connectivity index (χ0) is 9.40. The average molecular weight is 172 g/mol. The summed E-state index contributed by atoms with van der Waals surface area (Å²) in [6.45, 7) is 10.2. The van der Waals surface area contributed by atoms with E-state index in [4.69, 9.17) is 0 Å². The van der Waals surface area contributed by atoms with E-state index in [1.165, 1.54) is 6.42 Å². The summed E-state index contributed by atoms with van der Waals surface area (Å²) in [7, 11) is 1.98. The van der Waals surface area contributed by atoms with E-state index in [-0.39, 0.29) is 0 Å². The highest BCUT2D eigenvalue weighted by Gasteiger charge is 2.05. The largest absolute Gasteiger partial charge is 0.318 e. The second-order valence-corrected chi connectivity index (χ2v) is 3.86. The van der Waals surface area contributed by atoms with Gasteiger partial charge in [0.1, 0.15) is 0 Å². The Hall–Kier alpha value is -0.0800. The minimum Gasteiger partial charge on any atom is -0.318 e. The molecule has 0 aliphatic carbocycles. The molecule has 0 aliphatic heterocycles. The van der Waals surface area contributed by atoms with Crippen molar-refractivity contribution in [2.75, 3.05) is 26.7 Å². The lowest BCUT2D eigenvalue weighted by Crippen LogP contribution is -2.27. The molecule has 0 saturated heterocycles. The van der Waals surface area contributed by atoms with Crippen LogP contribution in [0.15, 0.2) is 0 Å². The summed E-state index contributed by atoms with van der Waals surface area (Å²) in [5.41, 5.74) is 0. The molecule has 1 unspecified atom stereocenters. The minimum atomic E-state index is 0.816. The Morgan fingerprint density at radius 1 is 1.00 bits per heavy atom. The molecule has 0 amide bonds. The second kappa shape index (κ2) is 7.56. The van der Waals surface area contributed by atoms with Crippen molar-refractivity contribution in [2.45, 2.75) is 27.2 Å². The lowest BCUT2D eigenvalue weighted by atomic mass is 9.95. The first kappa shape index (κ1) is 11.9. The Labute approximate surface area is 77.1 Å². The summed E-state index contributed by atoms with van der Waals surface area (Å²) >= 11 is 0. The molecule has 0 aromatic rings. The highest BCUT2D eigenvalue weighted by molar-refractivity contribution is 4.59. The predicted molar refractivity (Wildman–Crippen MR) is 55.4 cm³/mol. The summed E-state index contributed by atoms with van der Waals surface area (Å²) in [6, 6.07) is 0. The maximum atomic E-state index is 3.41. The molecule has 2 N–H and O–H groups in total. The van der Waals surface area contributed by atoms with Crippen LogP contribution < -0.4 is 10.6 Å². The van der Waals surface area contributed by atoms with Gasteiger partial charge in [0, 0.05) is 13.1 Å². The van der Waals surface area contributed by atoms with E-state index in [2.05, 4.69) is 31.4 Å². The Balaban J connectivity index is 3.08. The van der Waals surface area contributed by atoms with Crippen LogP contribution in [0.25, 0.3) is 0 Å². The molecule has 0 heterocycles. The zero-order valence-corrected chi connectivity index (χ0v) is 8.98. The Kier molecular flexibility index (Phi) is 7.51. The SMILES string of the molecule is CNCCNCCC(C)C(C)C. The molecule has 1 atom stereocenters. The van der Waals surface area contributed by atoms with Crippen LogP contribution in [0.5, 0.6) is 0 Å². The summed E-state index contributed by atoms with van der Waals surface area (Å²) in [5.74, 6) is 1.66. The summed E-state index contributed by atoms with van der Waals surface area (Å²) < 4.78 is 0. The quantitative estimate of drug-likeness (QED) is 0.568. The Morgan fingerprint density at radius 2 is 1.67 bits per heavy atom. The maximum absolute atomic E-state index is 3.41. The van der Waals surface area contributed by atoms with Crippen molar-refractivity contribution in [3.05, 3.63) is 0 Å². The van der Waals surface area contributed by atoms with Gasteiger partial charge in [0.05, 0.1) is 0 Å². The molecular weight excluding hydrogens is 148 g/mol. The highest BCUT2D eigenvalue weighted by atomic mass is 14.9. The highest BCUT2D eigenvalue weighted by Crippen LogP contribution is 2.12. The number of rotatable bonds is 7. The molecule has 0 saturated carbocycles. The van der Waals surface area contributed by atoms with Crippen molar-refractivity contribution in [1.82, 2.24) is 10.6 Å². The van der Waals surface area contributed by atoms with E-state index in [9.17, 15) is 0 Å². The van der Waals surface area contributed by atoms with E-state index in [1.54, 1.807) is 0 Å². The minimum absolute atomic E-state index is 0.816. The molecule has 0 spiro atoms. The summed E-state index contributed by atoms with van der Waals surface area (Å²) in [5, 5.41) is 6.53. The third kappa shape index (κ3) is 6.62. The summed E-state index contributed by atoms with van der Waals surface area (Å²) in [4.78, 5) is 0. The van der Waals surface area contributed by atoms with Crippen LogP contribution in [-0.2, 0) is 0 Å². The molecule has 0 aliphatic rings. The smallest absolute Gasteiger partial charge is 0.00766 e. The third-order valence-electron chi connectivity index (χ3n) is 2.47. The van der Waals surface area contributed by atoms with Gasteiger partial charge in [0.15, 0.2) is 0 Å². The van der Waals surface area contributed by atoms with Gasteiger partial charge in [-0.05, 0) is 31.8 Å². The number of hydrogen-bond acceptors (Lipinski definition) is 2. The normalized spacial score (nSPS) is 13.8. The molecule has 0 aromatic heterocycles. The van der Waals surface area contributed by atoms with Gasteiger partial charge in [-0.2, -0.15) is 0 Å². The maximum Gasteiger partial charge on any atom is 0.00766 e. The van der Waals surface area contributed by atoms with Gasteiger partial charge in [-0.15, -0.1) is 0 Å². The fraction of sp³-hybridized carbons (Fsp3) is 1.00. The topological polar surface area (TPSA) is 24.1 Å². The first-order valence-corrected chi connectivity index (χ1v) is 5.03. The van der Waals surface area contributed by atoms with E-state index in [0.29, 0.717) is 0 Å². The number of nitrogens with one attached hydrogen (secondary N) is 2. The average Bonchev–Trinajstić information content (AvgIpc) is 2.03. The van der Waals surface area contributed by atoms with Gasteiger partial charge in [-0.3, -0.25) is 0 Å². The van der Waals surface area contributed by atoms with Crippen molar-refractivity contribution >= 4 is 0 Å². The standard InChI is InChI=1S/C10H24N2/c1-9(2)10(3)5-6-12-8-7-11-4/h9-12H,5-8H2,1-4H3. The van der Waals surface area contributed by atoms with E-state index in [0.717, 1.165) is 31.5 Å². The molecule has 0 radical (unpaired) electrons. The second-order valence-electron chi connectivity index (χ2n) is 3.86. The first-order chi connectivity index (χ1) is 5.68. The van der Waals surface area contributed by atoms with Crippen LogP contribution in [0, 0.1) is 11.8 Å². The van der Waals surface area contributed by atoms with Crippen LogP contribution in [0.3, 0.4) is 0 Å². The Morgan fingerprint density at radius 3 is 2.17 bits per heavy atom. The Bertz CT molecular complexity index is 91.8. The van der Waals surface area contributed by atoms with E-state index < -0.39 is 0 Å². The van der Waals surface area contributed by atoms with Gasteiger partial charge in [0.25, 0.3) is 0 Å². The van der Waals surface area contributed by atoms with Crippen molar-refractivity contribution < 1.29 is 0 Å². The van der Waals surface area contributed by atoms with Crippen LogP contribution in [-0.4, -0.2) is 26.7 Å². The fourth-order valence-corrected chi connectivity index (χ4v) is 1.00. The third-order valence-corrected chi connectivity index (χ3v) is 2.47. The molecule has 12 heavy (non-hydrogen) atoms. The van der Waals surface area contributed by atoms with Gasteiger partial charge < -0.3 is 10.6 Å². The van der Waals surface area contributed by atoms with Gasteiger partial charge >= 0.3 is 0 Å². The van der Waals surface area contributed by atoms with Gasteiger partial charge in [-0.1, -0.05) is 20.8 Å². The molecule has 0 fully saturated rings. The van der Waals surface area contributed by atoms with Crippen molar-refractivity contribution in [3.63, 3.8) is 0 Å². The predicted octanol–water partition coefficient (Wildman–Crippen LogP) is 1.48.